The molecule has 29 heavy (non-hydrogen) atoms. The highest BCUT2D eigenvalue weighted by Crippen LogP contribution is 2.46. The Labute approximate surface area is 173 Å². The van der Waals surface area contributed by atoms with Gasteiger partial charge in [0, 0.05) is 51.3 Å². The van der Waals surface area contributed by atoms with Crippen LogP contribution in [-0.4, -0.2) is 61.1 Å². The van der Waals surface area contributed by atoms with Gasteiger partial charge in [0.2, 0.25) is 0 Å². The predicted molar refractivity (Wildman–Crippen MR) is 112 cm³/mol. The lowest BCUT2D eigenvalue weighted by Crippen LogP contribution is -2.48. The molecule has 1 aromatic rings. The third kappa shape index (κ3) is 4.81. The Bertz CT molecular complexity index is 717. The van der Waals surface area contributed by atoms with Gasteiger partial charge in [-0.1, -0.05) is 25.0 Å². The minimum Gasteiger partial charge on any atom is -0.369 e. The van der Waals surface area contributed by atoms with Crippen LogP contribution in [0.3, 0.4) is 0 Å². The number of aryl methyl sites for hydroxylation is 1. The molecule has 3 aliphatic rings. The van der Waals surface area contributed by atoms with E-state index in [1.165, 1.54) is 11.3 Å². The first-order valence-corrected chi connectivity index (χ1v) is 11.1. The fraction of sp³-hybridized carbons (Fsp3) is 0.652. The van der Waals surface area contributed by atoms with Crippen molar-refractivity contribution in [3.63, 3.8) is 0 Å². The van der Waals surface area contributed by atoms with Gasteiger partial charge in [-0.2, -0.15) is 5.06 Å². The molecule has 2 aliphatic heterocycles. The molecular weight excluding hydrogens is 366 g/mol. The molecule has 0 bridgehead atoms. The maximum Gasteiger partial charge on any atom is 0.254 e. The monoisotopic (exact) mass is 399 g/mol. The van der Waals surface area contributed by atoms with Crippen LogP contribution in [0.15, 0.2) is 24.3 Å². The second-order valence-electron chi connectivity index (χ2n) is 9.00. The summed E-state index contributed by atoms with van der Waals surface area (Å²) in [5.41, 5.74) is 2.53. The zero-order valence-corrected chi connectivity index (χ0v) is 17.6. The van der Waals surface area contributed by atoms with Gasteiger partial charge >= 0.3 is 0 Å². The molecule has 2 amide bonds. The molecule has 2 heterocycles. The number of amides is 2. The van der Waals surface area contributed by atoms with E-state index in [1.807, 2.05) is 0 Å². The Morgan fingerprint density at radius 3 is 2.34 bits per heavy atom. The van der Waals surface area contributed by atoms with Crippen LogP contribution in [0, 0.1) is 12.3 Å². The van der Waals surface area contributed by atoms with Crippen molar-refractivity contribution < 1.29 is 14.4 Å². The highest BCUT2D eigenvalue weighted by Gasteiger charge is 2.45. The van der Waals surface area contributed by atoms with Gasteiger partial charge in [0.25, 0.3) is 11.8 Å². The van der Waals surface area contributed by atoms with Gasteiger partial charge in [-0.15, -0.1) is 0 Å². The summed E-state index contributed by atoms with van der Waals surface area (Å²) in [7, 11) is 0. The molecule has 4 rings (SSSR count). The maximum absolute atomic E-state index is 12.4. The first kappa shape index (κ1) is 20.4. The first-order valence-electron chi connectivity index (χ1n) is 11.1. The summed E-state index contributed by atoms with van der Waals surface area (Å²) in [5.74, 6) is -0.287. The third-order valence-corrected chi connectivity index (χ3v) is 6.75. The predicted octanol–water partition coefficient (Wildman–Crippen LogP) is 3.15. The number of rotatable bonds is 6. The molecule has 0 aromatic heterocycles. The summed E-state index contributed by atoms with van der Waals surface area (Å²) in [5, 5.41) is 1.05. The summed E-state index contributed by atoms with van der Waals surface area (Å²) in [4.78, 5) is 35.3. The summed E-state index contributed by atoms with van der Waals surface area (Å²) in [6.07, 6.45) is 6.06. The van der Waals surface area contributed by atoms with Crippen molar-refractivity contribution in [2.24, 2.45) is 5.41 Å². The highest BCUT2D eigenvalue weighted by atomic mass is 16.7. The van der Waals surface area contributed by atoms with Crippen molar-refractivity contribution in [3.8, 4) is 0 Å². The molecule has 0 unspecified atom stereocenters. The molecule has 0 N–H and O–H groups in total. The molecule has 1 spiro atoms. The fourth-order valence-electron chi connectivity index (χ4n) is 5.11. The minimum absolute atomic E-state index is 0.0645. The molecule has 0 radical (unpaired) electrons. The van der Waals surface area contributed by atoms with Crippen LogP contribution < -0.4 is 4.90 Å². The van der Waals surface area contributed by atoms with E-state index in [0.717, 1.165) is 69.9 Å². The van der Waals surface area contributed by atoms with Gasteiger partial charge in [0.05, 0.1) is 6.61 Å². The number of benzene rings is 1. The molecule has 1 aliphatic carbocycles. The van der Waals surface area contributed by atoms with E-state index in [9.17, 15) is 9.59 Å². The summed E-state index contributed by atoms with van der Waals surface area (Å²) in [6, 6.07) is 8.67. The van der Waals surface area contributed by atoms with Crippen LogP contribution in [0.25, 0.3) is 0 Å². The molecule has 158 valence electrons. The Kier molecular flexibility index (Phi) is 6.20. The third-order valence-electron chi connectivity index (χ3n) is 6.75. The average molecular weight is 400 g/mol. The molecule has 6 nitrogen and oxygen atoms in total. The van der Waals surface area contributed by atoms with E-state index in [1.54, 1.807) is 0 Å². The van der Waals surface area contributed by atoms with Crippen molar-refractivity contribution in [1.82, 2.24) is 9.96 Å². The van der Waals surface area contributed by atoms with Crippen molar-refractivity contribution in [2.75, 3.05) is 44.2 Å². The Hall–Kier alpha value is -1.92. The molecule has 2 saturated heterocycles. The van der Waals surface area contributed by atoms with Gasteiger partial charge in [0.1, 0.15) is 0 Å². The zero-order valence-electron chi connectivity index (χ0n) is 17.6. The SMILES string of the molecule is Cc1cccc(N2CCN(CCCON3C(=O)CC4(CCCC4)CC3=O)CC2)c1. The van der Waals surface area contributed by atoms with Crippen LogP contribution in [0.1, 0.15) is 50.5 Å². The topological polar surface area (TPSA) is 53.1 Å². The van der Waals surface area contributed by atoms with Crippen molar-refractivity contribution in [3.05, 3.63) is 29.8 Å². The number of carbonyl (C=O) groups excluding carboxylic acids is 2. The van der Waals surface area contributed by atoms with E-state index in [-0.39, 0.29) is 17.2 Å². The van der Waals surface area contributed by atoms with E-state index in [4.69, 9.17) is 4.84 Å². The number of anilines is 1. The molecular formula is C23H33N3O3. The van der Waals surface area contributed by atoms with Gasteiger partial charge in [0.15, 0.2) is 0 Å². The summed E-state index contributed by atoms with van der Waals surface area (Å²) in [6.45, 7) is 7.58. The van der Waals surface area contributed by atoms with E-state index >= 15 is 0 Å². The van der Waals surface area contributed by atoms with E-state index in [0.29, 0.717) is 19.4 Å². The molecule has 6 heteroatoms. The van der Waals surface area contributed by atoms with Crippen LogP contribution in [0.5, 0.6) is 0 Å². The number of nitrogens with zero attached hydrogens (tertiary/aromatic N) is 3. The van der Waals surface area contributed by atoms with Gasteiger partial charge in [-0.25, -0.2) is 0 Å². The standard InChI is InChI=1S/C23H33N3O3/c1-19-6-4-7-20(16-19)25-13-11-24(12-14-25)10-5-15-29-26-21(27)17-23(18-22(26)28)8-2-3-9-23/h4,6-7,16H,2-3,5,8-15,17-18H2,1H3. The Morgan fingerprint density at radius 2 is 1.69 bits per heavy atom. The van der Waals surface area contributed by atoms with E-state index in [2.05, 4.69) is 41.0 Å². The van der Waals surface area contributed by atoms with Gasteiger partial charge in [-0.05, 0) is 49.3 Å². The van der Waals surface area contributed by atoms with Gasteiger partial charge in [-0.3, -0.25) is 19.3 Å². The fourth-order valence-corrected chi connectivity index (χ4v) is 5.11. The van der Waals surface area contributed by atoms with Crippen LogP contribution in [0.2, 0.25) is 0 Å². The molecule has 1 saturated carbocycles. The van der Waals surface area contributed by atoms with Crippen LogP contribution >= 0.6 is 0 Å². The molecule has 0 atom stereocenters. The quantitative estimate of drug-likeness (QED) is 0.543. The number of piperazine rings is 1. The first-order chi connectivity index (χ1) is 14.0. The lowest BCUT2D eigenvalue weighted by molar-refractivity contribution is -0.205. The number of hydrogen-bond acceptors (Lipinski definition) is 5. The smallest absolute Gasteiger partial charge is 0.254 e. The molecule has 1 aromatic carbocycles. The molecule has 3 fully saturated rings. The maximum atomic E-state index is 12.4. The Balaban J connectivity index is 1.16. The normalized spacial score (nSPS) is 22.7. The zero-order chi connectivity index (χ0) is 20.3. The summed E-state index contributed by atoms with van der Waals surface area (Å²) >= 11 is 0. The number of imide groups is 1. The lowest BCUT2D eigenvalue weighted by Gasteiger charge is -2.37. The minimum atomic E-state index is -0.144. The van der Waals surface area contributed by atoms with Crippen molar-refractivity contribution in [1.29, 1.82) is 0 Å². The van der Waals surface area contributed by atoms with Gasteiger partial charge < -0.3 is 4.90 Å². The van der Waals surface area contributed by atoms with Crippen molar-refractivity contribution >= 4 is 17.5 Å². The number of hydroxylamine groups is 2. The average Bonchev–Trinajstić information content (AvgIpc) is 3.14. The highest BCUT2D eigenvalue weighted by molar-refractivity contribution is 5.97. The van der Waals surface area contributed by atoms with Crippen LogP contribution in [-0.2, 0) is 14.4 Å². The number of hydrogen-bond donors (Lipinski definition) is 0. The van der Waals surface area contributed by atoms with Crippen LogP contribution in [0.4, 0.5) is 5.69 Å². The van der Waals surface area contributed by atoms with E-state index < -0.39 is 0 Å². The number of piperidine rings is 1. The summed E-state index contributed by atoms with van der Waals surface area (Å²) < 4.78 is 0. The largest absolute Gasteiger partial charge is 0.369 e. The second kappa shape index (κ2) is 8.84. The second-order valence-corrected chi connectivity index (χ2v) is 9.00. The lowest BCUT2D eigenvalue weighted by atomic mass is 9.77. The Morgan fingerprint density at radius 1 is 1.00 bits per heavy atom. The van der Waals surface area contributed by atoms with Crippen molar-refractivity contribution in [2.45, 2.75) is 51.9 Å². The number of carbonyl (C=O) groups is 2.